The molecule has 2 heterocycles. The zero-order valence-corrected chi connectivity index (χ0v) is 11.2. The van der Waals surface area contributed by atoms with Crippen molar-refractivity contribution < 1.29 is 8.42 Å². The number of aromatic nitrogens is 2. The summed E-state index contributed by atoms with van der Waals surface area (Å²) in [5, 5.41) is 3.30. The molecule has 0 saturated heterocycles. The van der Waals surface area contributed by atoms with Gasteiger partial charge in [0.1, 0.15) is 0 Å². The van der Waals surface area contributed by atoms with E-state index in [2.05, 4.69) is 15.3 Å². The molecule has 19 heavy (non-hydrogen) atoms. The van der Waals surface area contributed by atoms with E-state index in [1.165, 1.54) is 0 Å². The van der Waals surface area contributed by atoms with Gasteiger partial charge in [0.05, 0.1) is 17.0 Å². The molecule has 0 spiro atoms. The van der Waals surface area contributed by atoms with Gasteiger partial charge >= 0.3 is 0 Å². The van der Waals surface area contributed by atoms with Gasteiger partial charge in [0.2, 0.25) is 0 Å². The minimum absolute atomic E-state index is 0.107. The average molecular weight is 277 g/mol. The smallest absolute Gasteiger partial charge is 0.180 e. The lowest BCUT2D eigenvalue weighted by Gasteiger charge is -2.11. The number of fused-ring (bicyclic) bond motifs is 1. The SMILES string of the molecule is O=S1(=O)CC(NCCc2cnc[nH]2)c2ccccc21. The summed E-state index contributed by atoms with van der Waals surface area (Å²) in [5.74, 6) is 0.148. The van der Waals surface area contributed by atoms with Gasteiger partial charge < -0.3 is 10.3 Å². The van der Waals surface area contributed by atoms with Gasteiger partial charge in [-0.05, 0) is 11.6 Å². The first kappa shape index (κ1) is 12.4. The normalized spacial score (nSPS) is 20.3. The van der Waals surface area contributed by atoms with E-state index >= 15 is 0 Å². The van der Waals surface area contributed by atoms with Gasteiger partial charge in [-0.3, -0.25) is 0 Å². The minimum Gasteiger partial charge on any atom is -0.348 e. The van der Waals surface area contributed by atoms with Gasteiger partial charge in [0.25, 0.3) is 0 Å². The fraction of sp³-hybridized carbons (Fsp3) is 0.308. The van der Waals surface area contributed by atoms with Gasteiger partial charge in [-0.15, -0.1) is 0 Å². The molecule has 1 aromatic carbocycles. The van der Waals surface area contributed by atoms with Crippen LogP contribution < -0.4 is 5.32 Å². The second-order valence-electron chi connectivity index (χ2n) is 4.65. The highest BCUT2D eigenvalue weighted by atomic mass is 32.2. The molecular formula is C13H15N3O2S. The summed E-state index contributed by atoms with van der Waals surface area (Å²) in [5.41, 5.74) is 1.92. The van der Waals surface area contributed by atoms with Crippen molar-refractivity contribution in [1.29, 1.82) is 0 Å². The highest BCUT2D eigenvalue weighted by Gasteiger charge is 2.33. The Morgan fingerprint density at radius 1 is 1.37 bits per heavy atom. The molecule has 1 aliphatic heterocycles. The second kappa shape index (κ2) is 4.79. The molecular weight excluding hydrogens is 262 g/mol. The Morgan fingerprint density at radius 2 is 2.21 bits per heavy atom. The molecule has 5 nitrogen and oxygen atoms in total. The van der Waals surface area contributed by atoms with Crippen molar-refractivity contribution in [3.8, 4) is 0 Å². The maximum Gasteiger partial charge on any atom is 0.180 e. The highest BCUT2D eigenvalue weighted by Crippen LogP contribution is 2.32. The number of sulfone groups is 1. The first-order valence-corrected chi connectivity index (χ1v) is 7.84. The van der Waals surface area contributed by atoms with Gasteiger partial charge in [0.15, 0.2) is 9.84 Å². The van der Waals surface area contributed by atoms with E-state index in [1.807, 2.05) is 12.1 Å². The van der Waals surface area contributed by atoms with E-state index < -0.39 is 9.84 Å². The molecule has 1 atom stereocenters. The maximum atomic E-state index is 12.0. The average Bonchev–Trinajstić information content (AvgIpc) is 2.98. The van der Waals surface area contributed by atoms with Crippen LogP contribution in [0.1, 0.15) is 17.3 Å². The first-order valence-electron chi connectivity index (χ1n) is 6.19. The van der Waals surface area contributed by atoms with Gasteiger partial charge in [-0.1, -0.05) is 18.2 Å². The summed E-state index contributed by atoms with van der Waals surface area (Å²) in [6.07, 6.45) is 4.23. The van der Waals surface area contributed by atoms with Crippen molar-refractivity contribution in [3.63, 3.8) is 0 Å². The molecule has 0 fully saturated rings. The summed E-state index contributed by atoms with van der Waals surface area (Å²) in [6, 6.07) is 7.10. The molecule has 2 aromatic rings. The Hall–Kier alpha value is -1.66. The standard InChI is InChI=1S/C13H15N3O2S/c17-19(18)8-12(11-3-1-2-4-13(11)19)15-6-5-10-7-14-9-16-10/h1-4,7,9,12,15H,5-6,8H2,(H,14,16). The quantitative estimate of drug-likeness (QED) is 0.876. The molecule has 2 N–H and O–H groups in total. The Morgan fingerprint density at radius 3 is 3.00 bits per heavy atom. The number of rotatable bonds is 4. The Kier molecular flexibility index (Phi) is 3.12. The van der Waals surface area contributed by atoms with Gasteiger partial charge in [0, 0.05) is 30.9 Å². The van der Waals surface area contributed by atoms with Crippen molar-refractivity contribution in [2.75, 3.05) is 12.3 Å². The molecule has 0 radical (unpaired) electrons. The van der Waals surface area contributed by atoms with E-state index in [0.717, 1.165) is 24.2 Å². The molecule has 6 heteroatoms. The number of hydrogen-bond donors (Lipinski definition) is 2. The summed E-state index contributed by atoms with van der Waals surface area (Å²) in [7, 11) is -3.12. The van der Waals surface area contributed by atoms with E-state index in [9.17, 15) is 8.42 Å². The summed E-state index contributed by atoms with van der Waals surface area (Å²) in [6.45, 7) is 0.719. The van der Waals surface area contributed by atoms with Crippen LogP contribution in [0.2, 0.25) is 0 Å². The van der Waals surface area contributed by atoms with E-state index in [-0.39, 0.29) is 11.8 Å². The van der Waals surface area contributed by atoms with Crippen molar-refractivity contribution in [1.82, 2.24) is 15.3 Å². The molecule has 0 saturated carbocycles. The third kappa shape index (κ3) is 2.41. The largest absolute Gasteiger partial charge is 0.348 e. The number of nitrogens with one attached hydrogen (secondary N) is 2. The topological polar surface area (TPSA) is 74.8 Å². The van der Waals surface area contributed by atoms with Crippen LogP contribution in [0.4, 0.5) is 0 Å². The summed E-state index contributed by atoms with van der Waals surface area (Å²) in [4.78, 5) is 7.45. The molecule has 1 aliphatic rings. The van der Waals surface area contributed by atoms with Crippen LogP contribution >= 0.6 is 0 Å². The van der Waals surface area contributed by atoms with Crippen LogP contribution in [0, 0.1) is 0 Å². The summed E-state index contributed by atoms with van der Waals surface area (Å²) >= 11 is 0. The molecule has 1 aromatic heterocycles. The van der Waals surface area contributed by atoms with E-state index in [1.54, 1.807) is 24.7 Å². The van der Waals surface area contributed by atoms with Gasteiger partial charge in [-0.2, -0.15) is 0 Å². The Labute approximate surface area is 112 Å². The fourth-order valence-electron chi connectivity index (χ4n) is 2.42. The van der Waals surface area contributed by atoms with E-state index in [0.29, 0.717) is 4.90 Å². The van der Waals surface area contributed by atoms with Crippen LogP contribution in [0.3, 0.4) is 0 Å². The zero-order chi connectivity index (χ0) is 13.3. The Balaban J connectivity index is 1.70. The zero-order valence-electron chi connectivity index (χ0n) is 10.3. The van der Waals surface area contributed by atoms with Crippen molar-refractivity contribution in [2.45, 2.75) is 17.4 Å². The molecule has 3 rings (SSSR count). The lowest BCUT2D eigenvalue weighted by atomic mass is 10.1. The van der Waals surface area contributed by atoms with Gasteiger partial charge in [-0.25, -0.2) is 13.4 Å². The lowest BCUT2D eigenvalue weighted by molar-refractivity contribution is 0.566. The van der Waals surface area contributed by atoms with E-state index in [4.69, 9.17) is 0 Å². The third-order valence-electron chi connectivity index (χ3n) is 3.36. The first-order chi connectivity index (χ1) is 9.17. The highest BCUT2D eigenvalue weighted by molar-refractivity contribution is 7.91. The molecule has 0 aliphatic carbocycles. The number of benzene rings is 1. The summed E-state index contributed by atoms with van der Waals surface area (Å²) < 4.78 is 24.0. The second-order valence-corrected chi connectivity index (χ2v) is 6.66. The predicted molar refractivity (Wildman–Crippen MR) is 71.5 cm³/mol. The molecule has 100 valence electrons. The van der Waals surface area contributed by atoms with Crippen LogP contribution in [0.15, 0.2) is 41.7 Å². The van der Waals surface area contributed by atoms with Crippen LogP contribution in [-0.4, -0.2) is 30.7 Å². The molecule has 1 unspecified atom stereocenters. The lowest BCUT2D eigenvalue weighted by Crippen LogP contribution is -2.25. The fourth-order valence-corrected chi connectivity index (χ4v) is 4.19. The number of nitrogens with zero attached hydrogens (tertiary/aromatic N) is 1. The number of aromatic amines is 1. The van der Waals surface area contributed by atoms with Crippen LogP contribution in [-0.2, 0) is 16.3 Å². The third-order valence-corrected chi connectivity index (χ3v) is 5.17. The number of imidazole rings is 1. The van der Waals surface area contributed by atoms with Crippen LogP contribution in [0.25, 0.3) is 0 Å². The number of H-pyrrole nitrogens is 1. The Bertz CT molecular complexity index is 665. The molecule has 0 bridgehead atoms. The van der Waals surface area contributed by atoms with Crippen molar-refractivity contribution >= 4 is 9.84 Å². The monoisotopic (exact) mass is 277 g/mol. The van der Waals surface area contributed by atoms with Crippen molar-refractivity contribution in [3.05, 3.63) is 48.0 Å². The minimum atomic E-state index is -3.12. The maximum absolute atomic E-state index is 12.0. The van der Waals surface area contributed by atoms with Crippen LogP contribution in [0.5, 0.6) is 0 Å². The van der Waals surface area contributed by atoms with Crippen molar-refractivity contribution in [2.24, 2.45) is 0 Å². The predicted octanol–water partition coefficient (Wildman–Crippen LogP) is 1.07. The number of hydrogen-bond acceptors (Lipinski definition) is 4. The molecule has 0 amide bonds.